The van der Waals surface area contributed by atoms with Gasteiger partial charge in [-0.05, 0) is 53.5 Å². The molecule has 2 aromatic rings. The summed E-state index contributed by atoms with van der Waals surface area (Å²) in [4.78, 5) is 16.5. The highest BCUT2D eigenvalue weighted by molar-refractivity contribution is 9.10. The van der Waals surface area contributed by atoms with Gasteiger partial charge in [0, 0.05) is 24.6 Å². The molecule has 0 atom stereocenters. The molecular formula is C15H15BrFN3O. The molecule has 1 aromatic heterocycles. The summed E-state index contributed by atoms with van der Waals surface area (Å²) < 4.78 is 13.7. The van der Waals surface area contributed by atoms with Crippen LogP contribution in [0.4, 0.5) is 15.8 Å². The van der Waals surface area contributed by atoms with Gasteiger partial charge in [0.1, 0.15) is 5.82 Å². The number of aryl methyl sites for hydroxylation is 2. The van der Waals surface area contributed by atoms with Crippen LogP contribution in [-0.4, -0.2) is 17.9 Å². The number of halogens is 2. The van der Waals surface area contributed by atoms with Crippen molar-refractivity contribution in [3.8, 4) is 0 Å². The summed E-state index contributed by atoms with van der Waals surface area (Å²) in [5.74, 6) is -0.660. The number of nitrogens with one attached hydrogen (secondary N) is 2. The summed E-state index contributed by atoms with van der Waals surface area (Å²) in [5.41, 5.74) is 3.14. The Morgan fingerprint density at radius 3 is 2.62 bits per heavy atom. The summed E-state index contributed by atoms with van der Waals surface area (Å²) in [6.45, 7) is 3.58. The van der Waals surface area contributed by atoms with Crippen LogP contribution in [0.5, 0.6) is 0 Å². The zero-order chi connectivity index (χ0) is 15.6. The summed E-state index contributed by atoms with van der Waals surface area (Å²) in [6, 6.07) is 4.71. The van der Waals surface area contributed by atoms with Crippen molar-refractivity contribution in [3.05, 3.63) is 51.5 Å². The molecule has 0 aliphatic heterocycles. The molecular weight excluding hydrogens is 337 g/mol. The van der Waals surface area contributed by atoms with E-state index < -0.39 is 0 Å². The van der Waals surface area contributed by atoms with Crippen LogP contribution in [-0.2, 0) is 0 Å². The molecule has 1 amide bonds. The fourth-order valence-corrected chi connectivity index (χ4v) is 2.26. The highest BCUT2D eigenvalue weighted by Crippen LogP contribution is 2.25. The Balaban J connectivity index is 2.32. The summed E-state index contributed by atoms with van der Waals surface area (Å²) in [5, 5.41) is 5.74. The third-order valence-electron chi connectivity index (χ3n) is 3.07. The first kappa shape index (κ1) is 15.4. The number of anilines is 2. The topological polar surface area (TPSA) is 54.0 Å². The van der Waals surface area contributed by atoms with Crippen LogP contribution in [0.15, 0.2) is 28.9 Å². The van der Waals surface area contributed by atoms with Gasteiger partial charge in [0.2, 0.25) is 0 Å². The minimum absolute atomic E-state index is 0.298. The third kappa shape index (κ3) is 3.39. The van der Waals surface area contributed by atoms with Gasteiger partial charge in [0.25, 0.3) is 5.91 Å². The van der Waals surface area contributed by atoms with Crippen molar-refractivity contribution in [2.24, 2.45) is 0 Å². The number of rotatable bonds is 3. The maximum Gasteiger partial charge on any atom is 0.259 e. The lowest BCUT2D eigenvalue weighted by atomic mass is 10.1. The first-order chi connectivity index (χ1) is 9.92. The van der Waals surface area contributed by atoms with Crippen LogP contribution < -0.4 is 10.6 Å². The van der Waals surface area contributed by atoms with E-state index in [4.69, 9.17) is 0 Å². The molecule has 0 radical (unpaired) electrons. The summed E-state index contributed by atoms with van der Waals surface area (Å²) in [6.07, 6.45) is 1.52. The van der Waals surface area contributed by atoms with Gasteiger partial charge >= 0.3 is 0 Å². The second kappa shape index (κ2) is 6.22. The number of pyridine rings is 1. The predicted octanol–water partition coefficient (Wildman–Crippen LogP) is 3.89. The van der Waals surface area contributed by atoms with Crippen molar-refractivity contribution < 1.29 is 9.18 Å². The van der Waals surface area contributed by atoms with Crippen LogP contribution in [0.1, 0.15) is 21.6 Å². The zero-order valence-corrected chi connectivity index (χ0v) is 13.5. The Bertz CT molecular complexity index is 704. The molecule has 1 heterocycles. The normalized spacial score (nSPS) is 10.3. The van der Waals surface area contributed by atoms with Crippen molar-refractivity contribution in [2.75, 3.05) is 17.7 Å². The van der Waals surface area contributed by atoms with Gasteiger partial charge < -0.3 is 10.6 Å². The second-order valence-electron chi connectivity index (χ2n) is 4.66. The van der Waals surface area contributed by atoms with Gasteiger partial charge in [-0.2, -0.15) is 0 Å². The van der Waals surface area contributed by atoms with Crippen LogP contribution in [0.2, 0.25) is 0 Å². The highest BCUT2D eigenvalue weighted by Gasteiger charge is 2.14. The number of aromatic nitrogens is 1. The molecule has 0 unspecified atom stereocenters. The van der Waals surface area contributed by atoms with Crippen molar-refractivity contribution in [1.82, 2.24) is 4.98 Å². The van der Waals surface area contributed by atoms with E-state index in [1.54, 1.807) is 26.1 Å². The van der Waals surface area contributed by atoms with Gasteiger partial charge in [-0.15, -0.1) is 0 Å². The minimum Gasteiger partial charge on any atom is -0.387 e. The molecule has 0 fully saturated rings. The van der Waals surface area contributed by atoms with Crippen LogP contribution in [0, 0.1) is 19.7 Å². The molecule has 0 aliphatic carbocycles. The zero-order valence-electron chi connectivity index (χ0n) is 11.9. The molecule has 2 rings (SSSR count). The Labute approximate surface area is 130 Å². The first-order valence-corrected chi connectivity index (χ1v) is 7.13. The van der Waals surface area contributed by atoms with Crippen molar-refractivity contribution in [1.29, 1.82) is 0 Å². The largest absolute Gasteiger partial charge is 0.387 e. The van der Waals surface area contributed by atoms with Crippen LogP contribution in [0.25, 0.3) is 0 Å². The Hall–Kier alpha value is -1.95. The third-order valence-corrected chi connectivity index (χ3v) is 3.68. The molecule has 1 aromatic carbocycles. The van der Waals surface area contributed by atoms with Crippen molar-refractivity contribution >= 4 is 33.2 Å². The molecule has 0 aliphatic rings. The second-order valence-corrected chi connectivity index (χ2v) is 5.51. The SMILES string of the molecule is CNc1cc(C)ncc1C(=O)Nc1cc(Br)c(F)cc1C. The number of carbonyl (C=O) groups excluding carboxylic acids is 1. The van der Waals surface area contributed by atoms with Crippen LogP contribution >= 0.6 is 15.9 Å². The lowest BCUT2D eigenvalue weighted by Gasteiger charge is -2.12. The van der Waals surface area contributed by atoms with E-state index in [-0.39, 0.29) is 11.7 Å². The number of nitrogens with zero attached hydrogens (tertiary/aromatic N) is 1. The molecule has 0 spiro atoms. The smallest absolute Gasteiger partial charge is 0.259 e. The van der Waals surface area contributed by atoms with E-state index >= 15 is 0 Å². The van der Waals surface area contributed by atoms with Gasteiger partial charge in [0.05, 0.1) is 15.7 Å². The van der Waals surface area contributed by atoms with Gasteiger partial charge in [-0.1, -0.05) is 0 Å². The molecule has 6 heteroatoms. The molecule has 0 saturated carbocycles. The molecule has 110 valence electrons. The minimum atomic E-state index is -0.363. The quantitative estimate of drug-likeness (QED) is 0.881. The fraction of sp³-hybridized carbons (Fsp3) is 0.200. The van der Waals surface area contributed by atoms with Gasteiger partial charge in [-0.3, -0.25) is 9.78 Å². The Morgan fingerprint density at radius 1 is 1.24 bits per heavy atom. The summed E-state index contributed by atoms with van der Waals surface area (Å²) >= 11 is 3.11. The maximum absolute atomic E-state index is 13.4. The van der Waals surface area contributed by atoms with E-state index in [1.165, 1.54) is 12.3 Å². The van der Waals surface area contributed by atoms with Crippen molar-refractivity contribution in [3.63, 3.8) is 0 Å². The average Bonchev–Trinajstić information content (AvgIpc) is 2.44. The van der Waals surface area contributed by atoms with E-state index in [9.17, 15) is 9.18 Å². The van der Waals surface area contributed by atoms with E-state index in [1.807, 2.05) is 6.92 Å². The number of benzene rings is 1. The average molecular weight is 352 g/mol. The lowest BCUT2D eigenvalue weighted by Crippen LogP contribution is -2.15. The summed E-state index contributed by atoms with van der Waals surface area (Å²) in [7, 11) is 1.74. The Morgan fingerprint density at radius 2 is 1.95 bits per heavy atom. The highest BCUT2D eigenvalue weighted by atomic mass is 79.9. The molecule has 0 saturated heterocycles. The number of carbonyl (C=O) groups is 1. The number of hydrogen-bond acceptors (Lipinski definition) is 3. The monoisotopic (exact) mass is 351 g/mol. The Kier molecular flexibility index (Phi) is 4.57. The molecule has 21 heavy (non-hydrogen) atoms. The van der Waals surface area contributed by atoms with E-state index in [0.717, 1.165) is 5.69 Å². The molecule has 0 bridgehead atoms. The predicted molar refractivity (Wildman–Crippen MR) is 85.3 cm³/mol. The standard InChI is InChI=1S/C15H15BrFN3O/c1-8-4-12(17)11(16)6-13(8)20-15(21)10-7-19-9(2)5-14(10)18-3/h4-7H,1-3H3,(H,18,19)(H,20,21). The van der Waals surface area contributed by atoms with E-state index in [2.05, 4.69) is 31.5 Å². The molecule has 4 nitrogen and oxygen atoms in total. The van der Waals surface area contributed by atoms with E-state index in [0.29, 0.717) is 27.0 Å². The number of hydrogen-bond donors (Lipinski definition) is 2. The van der Waals surface area contributed by atoms with Crippen molar-refractivity contribution in [2.45, 2.75) is 13.8 Å². The lowest BCUT2D eigenvalue weighted by molar-refractivity contribution is 0.102. The maximum atomic E-state index is 13.4. The van der Waals surface area contributed by atoms with Gasteiger partial charge in [-0.25, -0.2) is 4.39 Å². The van der Waals surface area contributed by atoms with Gasteiger partial charge in [0.15, 0.2) is 0 Å². The van der Waals surface area contributed by atoms with Crippen LogP contribution in [0.3, 0.4) is 0 Å². The first-order valence-electron chi connectivity index (χ1n) is 6.33. The number of amides is 1. The molecule has 2 N–H and O–H groups in total. The fourth-order valence-electron chi connectivity index (χ4n) is 1.92.